The van der Waals surface area contributed by atoms with Crippen molar-refractivity contribution in [2.75, 3.05) is 14.2 Å². The van der Waals surface area contributed by atoms with Crippen LogP contribution in [0.15, 0.2) is 36.4 Å². The second kappa shape index (κ2) is 5.74. The van der Waals surface area contributed by atoms with E-state index in [2.05, 4.69) is 0 Å². The molecular formula is C16H15FO3. The molecule has 4 heteroatoms. The Morgan fingerprint density at radius 1 is 1.05 bits per heavy atom. The molecule has 2 aromatic rings. The van der Waals surface area contributed by atoms with Crippen molar-refractivity contribution in [2.24, 2.45) is 0 Å². The Labute approximate surface area is 117 Å². The van der Waals surface area contributed by atoms with Gasteiger partial charge in [0.05, 0.1) is 19.8 Å². The van der Waals surface area contributed by atoms with Gasteiger partial charge in [-0.2, -0.15) is 0 Å². The minimum atomic E-state index is -0.562. The number of benzene rings is 2. The molecule has 0 aliphatic rings. The van der Waals surface area contributed by atoms with E-state index in [0.29, 0.717) is 11.5 Å². The highest BCUT2D eigenvalue weighted by molar-refractivity contribution is 6.12. The van der Waals surface area contributed by atoms with Crippen LogP contribution in [0.3, 0.4) is 0 Å². The van der Waals surface area contributed by atoms with Crippen molar-refractivity contribution in [2.45, 2.75) is 6.92 Å². The largest absolute Gasteiger partial charge is 0.496 e. The highest BCUT2D eigenvalue weighted by atomic mass is 19.1. The zero-order chi connectivity index (χ0) is 14.7. The lowest BCUT2D eigenvalue weighted by Crippen LogP contribution is -2.08. The van der Waals surface area contributed by atoms with E-state index in [0.717, 1.165) is 5.56 Å². The number of methoxy groups -OCH3 is 2. The lowest BCUT2D eigenvalue weighted by atomic mass is 9.99. The molecule has 0 saturated carbocycles. The Bertz CT molecular complexity index is 628. The molecule has 0 unspecified atom stereocenters. The molecule has 0 aliphatic carbocycles. The average Bonchev–Trinajstić information content (AvgIpc) is 2.48. The second-order valence-electron chi connectivity index (χ2n) is 4.35. The lowest BCUT2D eigenvalue weighted by molar-refractivity contribution is 0.102. The Hall–Kier alpha value is -2.36. The lowest BCUT2D eigenvalue weighted by Gasteiger charge is -2.12. The summed E-state index contributed by atoms with van der Waals surface area (Å²) in [6.45, 7) is 1.80. The van der Waals surface area contributed by atoms with Crippen molar-refractivity contribution >= 4 is 5.78 Å². The van der Waals surface area contributed by atoms with Gasteiger partial charge in [-0.1, -0.05) is 17.7 Å². The summed E-state index contributed by atoms with van der Waals surface area (Å²) in [7, 11) is 2.91. The number of ketones is 1. The SMILES string of the molecule is COc1cccc(OC)c1C(=O)c1cc(C)ccc1F. The van der Waals surface area contributed by atoms with Crippen molar-refractivity contribution in [3.05, 3.63) is 58.9 Å². The Morgan fingerprint density at radius 2 is 1.65 bits per heavy atom. The van der Waals surface area contributed by atoms with Crippen LogP contribution in [0.5, 0.6) is 11.5 Å². The number of carbonyl (C=O) groups is 1. The van der Waals surface area contributed by atoms with Gasteiger partial charge >= 0.3 is 0 Å². The molecule has 0 aliphatic heterocycles. The summed E-state index contributed by atoms with van der Waals surface area (Å²) in [4.78, 5) is 12.6. The van der Waals surface area contributed by atoms with Gasteiger partial charge in [0.15, 0.2) is 0 Å². The normalized spacial score (nSPS) is 10.2. The molecule has 104 valence electrons. The van der Waals surface area contributed by atoms with Gasteiger partial charge in [-0.05, 0) is 31.2 Å². The fourth-order valence-corrected chi connectivity index (χ4v) is 2.02. The smallest absolute Gasteiger partial charge is 0.203 e. The van der Waals surface area contributed by atoms with Gasteiger partial charge < -0.3 is 9.47 Å². The first-order valence-electron chi connectivity index (χ1n) is 6.10. The molecule has 0 amide bonds. The fraction of sp³-hybridized carbons (Fsp3) is 0.188. The third-order valence-electron chi connectivity index (χ3n) is 3.02. The Morgan fingerprint density at radius 3 is 2.20 bits per heavy atom. The van der Waals surface area contributed by atoms with Gasteiger partial charge in [0.25, 0.3) is 0 Å². The standard InChI is InChI=1S/C16H15FO3/c1-10-7-8-12(17)11(9-10)16(18)15-13(19-2)5-4-6-14(15)20-3/h4-9H,1-3H3. The quantitative estimate of drug-likeness (QED) is 0.802. The van der Waals surface area contributed by atoms with Gasteiger partial charge in [0.1, 0.15) is 22.9 Å². The van der Waals surface area contributed by atoms with E-state index in [9.17, 15) is 9.18 Å². The third-order valence-corrected chi connectivity index (χ3v) is 3.02. The zero-order valence-electron chi connectivity index (χ0n) is 11.6. The molecule has 0 N–H and O–H groups in total. The summed E-state index contributed by atoms with van der Waals surface area (Å²) in [5.74, 6) is -0.306. The summed E-state index contributed by atoms with van der Waals surface area (Å²) in [6.07, 6.45) is 0. The van der Waals surface area contributed by atoms with Gasteiger partial charge in [-0.3, -0.25) is 4.79 Å². The monoisotopic (exact) mass is 274 g/mol. The summed E-state index contributed by atoms with van der Waals surface area (Å²) in [6, 6.07) is 9.41. The zero-order valence-corrected chi connectivity index (χ0v) is 11.6. The molecule has 0 heterocycles. The fourth-order valence-electron chi connectivity index (χ4n) is 2.02. The molecule has 3 nitrogen and oxygen atoms in total. The minimum absolute atomic E-state index is 0.00722. The van der Waals surface area contributed by atoms with Crippen LogP contribution in [0.25, 0.3) is 0 Å². The van der Waals surface area contributed by atoms with E-state index in [4.69, 9.17) is 9.47 Å². The second-order valence-corrected chi connectivity index (χ2v) is 4.35. The molecule has 0 atom stereocenters. The van der Waals surface area contributed by atoms with Crippen molar-refractivity contribution in [3.8, 4) is 11.5 Å². The highest BCUT2D eigenvalue weighted by Crippen LogP contribution is 2.31. The molecule has 0 spiro atoms. The number of halogens is 1. The first-order valence-corrected chi connectivity index (χ1v) is 6.10. The third kappa shape index (κ3) is 2.50. The van der Waals surface area contributed by atoms with E-state index in [1.165, 1.54) is 26.4 Å². The molecule has 0 bridgehead atoms. The van der Waals surface area contributed by atoms with Crippen molar-refractivity contribution < 1.29 is 18.7 Å². The van der Waals surface area contributed by atoms with Gasteiger partial charge in [0, 0.05) is 0 Å². The van der Waals surface area contributed by atoms with Gasteiger partial charge in [-0.25, -0.2) is 4.39 Å². The molecular weight excluding hydrogens is 259 g/mol. The molecule has 0 saturated heterocycles. The van der Waals surface area contributed by atoms with Crippen LogP contribution in [-0.2, 0) is 0 Å². The molecule has 0 aromatic heterocycles. The number of hydrogen-bond acceptors (Lipinski definition) is 3. The van der Waals surface area contributed by atoms with E-state index < -0.39 is 11.6 Å². The summed E-state index contributed by atoms with van der Waals surface area (Å²) in [5.41, 5.74) is 1.04. The highest BCUT2D eigenvalue weighted by Gasteiger charge is 2.22. The van der Waals surface area contributed by atoms with Crippen LogP contribution in [0.4, 0.5) is 4.39 Å². The number of rotatable bonds is 4. The number of aryl methyl sites for hydroxylation is 1. The van der Waals surface area contributed by atoms with Crippen molar-refractivity contribution in [1.82, 2.24) is 0 Å². The van der Waals surface area contributed by atoms with Crippen molar-refractivity contribution in [3.63, 3.8) is 0 Å². The summed E-state index contributed by atoms with van der Waals surface area (Å²) in [5, 5.41) is 0. The van der Waals surface area contributed by atoms with E-state index >= 15 is 0 Å². The molecule has 2 aromatic carbocycles. The number of carbonyl (C=O) groups excluding carboxylic acids is 1. The Balaban J connectivity index is 2.61. The van der Waals surface area contributed by atoms with E-state index in [1.54, 1.807) is 31.2 Å². The first-order chi connectivity index (χ1) is 9.58. The van der Waals surface area contributed by atoms with Crippen LogP contribution in [0.1, 0.15) is 21.5 Å². The predicted molar refractivity (Wildman–Crippen MR) is 74.1 cm³/mol. The predicted octanol–water partition coefficient (Wildman–Crippen LogP) is 3.38. The van der Waals surface area contributed by atoms with E-state index in [-0.39, 0.29) is 11.1 Å². The van der Waals surface area contributed by atoms with Crippen LogP contribution in [0, 0.1) is 12.7 Å². The molecule has 2 rings (SSSR count). The molecule has 0 fully saturated rings. The summed E-state index contributed by atoms with van der Waals surface area (Å²) < 4.78 is 24.2. The minimum Gasteiger partial charge on any atom is -0.496 e. The maximum Gasteiger partial charge on any atom is 0.203 e. The maximum absolute atomic E-state index is 13.9. The van der Waals surface area contributed by atoms with Gasteiger partial charge in [0.2, 0.25) is 5.78 Å². The summed E-state index contributed by atoms with van der Waals surface area (Å²) >= 11 is 0. The number of hydrogen-bond donors (Lipinski definition) is 0. The first kappa shape index (κ1) is 14.1. The van der Waals surface area contributed by atoms with Crippen LogP contribution in [0.2, 0.25) is 0 Å². The maximum atomic E-state index is 13.9. The van der Waals surface area contributed by atoms with Crippen molar-refractivity contribution in [1.29, 1.82) is 0 Å². The topological polar surface area (TPSA) is 35.5 Å². The number of ether oxygens (including phenoxy) is 2. The van der Waals surface area contributed by atoms with Crippen LogP contribution < -0.4 is 9.47 Å². The van der Waals surface area contributed by atoms with E-state index in [1.807, 2.05) is 0 Å². The molecule has 0 radical (unpaired) electrons. The Kier molecular flexibility index (Phi) is 4.03. The van der Waals surface area contributed by atoms with Crippen LogP contribution in [-0.4, -0.2) is 20.0 Å². The average molecular weight is 274 g/mol. The van der Waals surface area contributed by atoms with Crippen LogP contribution >= 0.6 is 0 Å². The van der Waals surface area contributed by atoms with Gasteiger partial charge in [-0.15, -0.1) is 0 Å². The molecule has 20 heavy (non-hydrogen) atoms.